The number of rotatable bonds is 2. The number of carboxylic acid groups (broad SMARTS) is 1. The van der Waals surface area contributed by atoms with Crippen LogP contribution in [0.4, 0.5) is 0 Å². The Morgan fingerprint density at radius 3 is 2.33 bits per heavy atom. The van der Waals surface area contributed by atoms with Crippen molar-refractivity contribution in [2.75, 3.05) is 26.2 Å². The molecule has 0 amide bonds. The number of nitrogens with zero attached hydrogens (tertiary/aromatic N) is 1. The second-order valence-corrected chi connectivity index (χ2v) is 3.60. The lowest BCUT2D eigenvalue weighted by Crippen LogP contribution is -2.57. The molecule has 0 aromatic heterocycles. The zero-order valence-electron chi connectivity index (χ0n) is 7.63. The van der Waals surface area contributed by atoms with Gasteiger partial charge >= 0.3 is 5.97 Å². The van der Waals surface area contributed by atoms with Crippen LogP contribution in [0.25, 0.3) is 0 Å². The van der Waals surface area contributed by atoms with Gasteiger partial charge in [-0.15, -0.1) is 0 Å². The molecule has 12 heavy (non-hydrogen) atoms. The summed E-state index contributed by atoms with van der Waals surface area (Å²) in [5.41, 5.74) is -0.720. The molecular formula is C8H16N2O2. The Balaban J connectivity index is 2.59. The van der Waals surface area contributed by atoms with E-state index < -0.39 is 11.5 Å². The van der Waals surface area contributed by atoms with E-state index in [1.807, 2.05) is 4.90 Å². The summed E-state index contributed by atoms with van der Waals surface area (Å²) in [6.07, 6.45) is 0. The molecule has 0 aromatic carbocycles. The lowest BCUT2D eigenvalue weighted by Gasteiger charge is -2.37. The van der Waals surface area contributed by atoms with Crippen LogP contribution in [0.15, 0.2) is 0 Å². The molecule has 0 unspecified atom stereocenters. The van der Waals surface area contributed by atoms with E-state index in [9.17, 15) is 4.79 Å². The minimum absolute atomic E-state index is 0.720. The molecule has 2 N–H and O–H groups in total. The van der Waals surface area contributed by atoms with Gasteiger partial charge in [-0.2, -0.15) is 0 Å². The normalized spacial score (nSPS) is 20.8. The first kappa shape index (κ1) is 9.48. The fourth-order valence-electron chi connectivity index (χ4n) is 1.36. The van der Waals surface area contributed by atoms with E-state index in [-0.39, 0.29) is 0 Å². The van der Waals surface area contributed by atoms with Crippen LogP contribution in [0.1, 0.15) is 13.8 Å². The standard InChI is InChI=1S/C8H16N2O2/c1-8(2,7(11)12)10-5-3-9-4-6-10/h9H,3-6H2,1-2H3,(H,11,12). The van der Waals surface area contributed by atoms with Crippen molar-refractivity contribution in [1.29, 1.82) is 0 Å². The van der Waals surface area contributed by atoms with Gasteiger partial charge in [-0.25, -0.2) is 0 Å². The molecule has 0 aliphatic carbocycles. The average Bonchev–Trinajstić information content (AvgIpc) is 2.06. The smallest absolute Gasteiger partial charge is 0.323 e. The Kier molecular flexibility index (Phi) is 2.69. The molecule has 0 atom stereocenters. The Bertz CT molecular complexity index is 174. The van der Waals surface area contributed by atoms with E-state index in [0.29, 0.717) is 0 Å². The number of hydrogen-bond donors (Lipinski definition) is 2. The van der Waals surface area contributed by atoms with Crippen molar-refractivity contribution in [3.63, 3.8) is 0 Å². The van der Waals surface area contributed by atoms with Gasteiger partial charge in [0.2, 0.25) is 0 Å². The van der Waals surface area contributed by atoms with Crippen LogP contribution in [0, 0.1) is 0 Å². The fourth-order valence-corrected chi connectivity index (χ4v) is 1.36. The summed E-state index contributed by atoms with van der Waals surface area (Å²) < 4.78 is 0. The molecule has 1 fully saturated rings. The maximum Gasteiger partial charge on any atom is 0.323 e. The van der Waals surface area contributed by atoms with E-state index in [0.717, 1.165) is 26.2 Å². The second-order valence-electron chi connectivity index (χ2n) is 3.60. The highest BCUT2D eigenvalue weighted by Gasteiger charge is 2.34. The molecule has 1 aliphatic heterocycles. The Labute approximate surface area is 72.6 Å². The van der Waals surface area contributed by atoms with Gasteiger partial charge in [-0.3, -0.25) is 9.69 Å². The molecule has 1 heterocycles. The van der Waals surface area contributed by atoms with Crippen LogP contribution in [0.5, 0.6) is 0 Å². The fraction of sp³-hybridized carbons (Fsp3) is 0.875. The Hall–Kier alpha value is -0.610. The highest BCUT2D eigenvalue weighted by Crippen LogP contribution is 2.14. The lowest BCUT2D eigenvalue weighted by molar-refractivity contribution is -0.149. The van der Waals surface area contributed by atoms with E-state index in [2.05, 4.69) is 5.32 Å². The van der Waals surface area contributed by atoms with Crippen LogP contribution in [0.2, 0.25) is 0 Å². The first-order chi connectivity index (χ1) is 5.55. The van der Waals surface area contributed by atoms with E-state index in [1.54, 1.807) is 13.8 Å². The van der Waals surface area contributed by atoms with Gasteiger partial charge in [-0.1, -0.05) is 0 Å². The number of carbonyl (C=O) groups is 1. The van der Waals surface area contributed by atoms with Crippen molar-refractivity contribution in [3.05, 3.63) is 0 Å². The minimum atomic E-state index is -0.746. The van der Waals surface area contributed by atoms with E-state index in [4.69, 9.17) is 5.11 Å². The third-order valence-corrected chi connectivity index (χ3v) is 2.43. The molecule has 1 rings (SSSR count). The summed E-state index contributed by atoms with van der Waals surface area (Å²) in [5, 5.41) is 12.1. The van der Waals surface area contributed by atoms with Gasteiger partial charge in [0, 0.05) is 26.2 Å². The van der Waals surface area contributed by atoms with Gasteiger partial charge in [0.1, 0.15) is 5.54 Å². The second kappa shape index (κ2) is 3.41. The van der Waals surface area contributed by atoms with Crippen molar-refractivity contribution in [1.82, 2.24) is 10.2 Å². The number of piperazine rings is 1. The third-order valence-electron chi connectivity index (χ3n) is 2.43. The molecule has 4 heteroatoms. The van der Waals surface area contributed by atoms with Gasteiger partial charge < -0.3 is 10.4 Å². The van der Waals surface area contributed by atoms with Gasteiger partial charge in [0.15, 0.2) is 0 Å². The maximum atomic E-state index is 10.9. The topological polar surface area (TPSA) is 52.6 Å². The highest BCUT2D eigenvalue weighted by molar-refractivity contribution is 5.77. The third kappa shape index (κ3) is 1.76. The van der Waals surface area contributed by atoms with Crippen LogP contribution in [-0.2, 0) is 4.79 Å². The van der Waals surface area contributed by atoms with Gasteiger partial charge in [0.05, 0.1) is 0 Å². The molecule has 0 spiro atoms. The maximum absolute atomic E-state index is 10.9. The lowest BCUT2D eigenvalue weighted by atomic mass is 10.0. The molecule has 1 saturated heterocycles. The van der Waals surface area contributed by atoms with E-state index >= 15 is 0 Å². The summed E-state index contributed by atoms with van der Waals surface area (Å²) >= 11 is 0. The molecule has 4 nitrogen and oxygen atoms in total. The van der Waals surface area contributed by atoms with Crippen LogP contribution >= 0.6 is 0 Å². The summed E-state index contributed by atoms with van der Waals surface area (Å²) in [4.78, 5) is 12.9. The van der Waals surface area contributed by atoms with E-state index in [1.165, 1.54) is 0 Å². The Morgan fingerprint density at radius 2 is 1.92 bits per heavy atom. The first-order valence-corrected chi connectivity index (χ1v) is 4.24. The molecular weight excluding hydrogens is 156 g/mol. The molecule has 1 aliphatic rings. The molecule has 70 valence electrons. The van der Waals surface area contributed by atoms with Crippen molar-refractivity contribution in [2.24, 2.45) is 0 Å². The highest BCUT2D eigenvalue weighted by atomic mass is 16.4. The van der Waals surface area contributed by atoms with Crippen molar-refractivity contribution < 1.29 is 9.90 Å². The number of nitrogens with one attached hydrogen (secondary N) is 1. The summed E-state index contributed by atoms with van der Waals surface area (Å²) in [6.45, 7) is 6.91. The van der Waals surface area contributed by atoms with Gasteiger partial charge in [-0.05, 0) is 13.8 Å². The quantitative estimate of drug-likeness (QED) is 0.603. The van der Waals surface area contributed by atoms with Crippen LogP contribution < -0.4 is 5.32 Å². The monoisotopic (exact) mass is 172 g/mol. The van der Waals surface area contributed by atoms with Crippen molar-refractivity contribution in [2.45, 2.75) is 19.4 Å². The zero-order valence-corrected chi connectivity index (χ0v) is 7.63. The first-order valence-electron chi connectivity index (χ1n) is 4.24. The number of hydrogen-bond acceptors (Lipinski definition) is 3. The van der Waals surface area contributed by atoms with Crippen molar-refractivity contribution in [3.8, 4) is 0 Å². The molecule has 0 aromatic rings. The molecule has 0 radical (unpaired) electrons. The van der Waals surface area contributed by atoms with Gasteiger partial charge in [0.25, 0.3) is 0 Å². The van der Waals surface area contributed by atoms with Crippen LogP contribution in [0.3, 0.4) is 0 Å². The SMILES string of the molecule is CC(C)(C(=O)O)N1CCNCC1. The summed E-state index contributed by atoms with van der Waals surface area (Å²) in [7, 11) is 0. The largest absolute Gasteiger partial charge is 0.480 e. The Morgan fingerprint density at radius 1 is 1.42 bits per heavy atom. The average molecular weight is 172 g/mol. The van der Waals surface area contributed by atoms with Crippen molar-refractivity contribution >= 4 is 5.97 Å². The zero-order chi connectivity index (χ0) is 9.19. The predicted octanol–water partition coefficient (Wildman–Crippen LogP) is -0.245. The van der Waals surface area contributed by atoms with Crippen LogP contribution in [-0.4, -0.2) is 47.7 Å². The molecule has 0 saturated carbocycles. The molecule has 0 bridgehead atoms. The minimum Gasteiger partial charge on any atom is -0.480 e. The number of aliphatic carboxylic acids is 1. The number of carboxylic acids is 1. The summed E-state index contributed by atoms with van der Waals surface area (Å²) in [5.74, 6) is -0.746. The predicted molar refractivity (Wildman–Crippen MR) is 46.2 cm³/mol. The summed E-state index contributed by atoms with van der Waals surface area (Å²) in [6, 6.07) is 0.